The molecule has 0 aliphatic heterocycles. The Morgan fingerprint density at radius 3 is 3.07 bits per heavy atom. The van der Waals surface area contributed by atoms with Crippen molar-refractivity contribution in [2.24, 2.45) is 5.84 Å². The predicted molar refractivity (Wildman–Crippen MR) is 63.7 cm³/mol. The number of nitrogens with one attached hydrogen (secondary N) is 2. The molecule has 0 bridgehead atoms. The summed E-state index contributed by atoms with van der Waals surface area (Å²) in [6, 6.07) is 7.92. The van der Waals surface area contributed by atoms with E-state index in [-0.39, 0.29) is 0 Å². The van der Waals surface area contributed by atoms with Crippen molar-refractivity contribution >= 4 is 22.8 Å². The Labute approximate surface area is 92.1 Å². The highest BCUT2D eigenvalue weighted by Gasteiger charge is 1.96. The van der Waals surface area contributed by atoms with Gasteiger partial charge in [-0.2, -0.15) is 0 Å². The SMILES string of the molecule is NNc1cc(NCc2cccs2)ccn1. The maximum absolute atomic E-state index is 5.27. The second-order valence-electron chi connectivity index (χ2n) is 3.01. The van der Waals surface area contributed by atoms with Crippen LogP contribution in [0.25, 0.3) is 0 Å². The molecule has 78 valence electrons. The number of pyridine rings is 1. The van der Waals surface area contributed by atoms with E-state index in [9.17, 15) is 0 Å². The lowest BCUT2D eigenvalue weighted by Crippen LogP contribution is -2.08. The second-order valence-corrected chi connectivity index (χ2v) is 4.04. The van der Waals surface area contributed by atoms with Crippen LogP contribution in [0.5, 0.6) is 0 Å². The molecule has 2 aromatic heterocycles. The van der Waals surface area contributed by atoms with Crippen molar-refractivity contribution in [1.29, 1.82) is 0 Å². The molecule has 0 fully saturated rings. The minimum Gasteiger partial charge on any atom is -0.380 e. The monoisotopic (exact) mass is 220 g/mol. The lowest BCUT2D eigenvalue weighted by Gasteiger charge is -2.05. The number of nitrogens with zero attached hydrogens (tertiary/aromatic N) is 1. The summed E-state index contributed by atoms with van der Waals surface area (Å²) < 4.78 is 0. The first-order valence-electron chi connectivity index (χ1n) is 4.57. The maximum Gasteiger partial charge on any atom is 0.141 e. The van der Waals surface area contributed by atoms with E-state index < -0.39 is 0 Å². The van der Waals surface area contributed by atoms with Crippen LogP contribution in [0, 0.1) is 0 Å². The number of aromatic nitrogens is 1. The maximum atomic E-state index is 5.27. The molecule has 0 aliphatic carbocycles. The van der Waals surface area contributed by atoms with Crippen molar-refractivity contribution in [3.05, 3.63) is 40.7 Å². The molecule has 0 aromatic carbocycles. The summed E-state index contributed by atoms with van der Waals surface area (Å²) in [5.74, 6) is 5.93. The van der Waals surface area contributed by atoms with Crippen molar-refractivity contribution in [3.8, 4) is 0 Å². The van der Waals surface area contributed by atoms with Gasteiger partial charge >= 0.3 is 0 Å². The zero-order chi connectivity index (χ0) is 10.5. The van der Waals surface area contributed by atoms with E-state index in [1.165, 1.54) is 4.88 Å². The number of rotatable bonds is 4. The Bertz CT molecular complexity index is 413. The first kappa shape index (κ1) is 9.95. The Morgan fingerprint density at radius 2 is 2.33 bits per heavy atom. The van der Waals surface area contributed by atoms with Crippen LogP contribution in [0.4, 0.5) is 11.5 Å². The third-order valence-corrected chi connectivity index (χ3v) is 2.83. The minimum absolute atomic E-state index is 0.658. The standard InChI is InChI=1S/C10H12N4S/c11-14-10-6-8(3-4-12-10)13-7-9-2-1-5-15-9/h1-6H,7,11H2,(H2,12,13,14). The molecule has 0 spiro atoms. The quantitative estimate of drug-likeness (QED) is 0.545. The molecule has 0 saturated carbocycles. The largest absolute Gasteiger partial charge is 0.380 e. The van der Waals surface area contributed by atoms with Crippen LogP contribution in [0.3, 0.4) is 0 Å². The summed E-state index contributed by atoms with van der Waals surface area (Å²) in [6.07, 6.45) is 1.71. The molecule has 2 aromatic rings. The van der Waals surface area contributed by atoms with Crippen LogP contribution in [0.15, 0.2) is 35.8 Å². The molecule has 0 atom stereocenters. The summed E-state index contributed by atoms with van der Waals surface area (Å²) in [7, 11) is 0. The number of thiophene rings is 1. The van der Waals surface area contributed by atoms with E-state index in [2.05, 4.69) is 27.2 Å². The summed E-state index contributed by atoms with van der Waals surface area (Å²) in [5, 5.41) is 5.36. The van der Waals surface area contributed by atoms with Gasteiger partial charge in [0.05, 0.1) is 0 Å². The molecule has 2 rings (SSSR count). The van der Waals surface area contributed by atoms with Crippen molar-refractivity contribution in [3.63, 3.8) is 0 Å². The minimum atomic E-state index is 0.658. The first-order chi connectivity index (χ1) is 7.38. The molecule has 0 unspecified atom stereocenters. The highest BCUT2D eigenvalue weighted by Crippen LogP contribution is 2.14. The van der Waals surface area contributed by atoms with E-state index >= 15 is 0 Å². The van der Waals surface area contributed by atoms with Crippen LogP contribution < -0.4 is 16.6 Å². The lowest BCUT2D eigenvalue weighted by molar-refractivity contribution is 1.17. The average Bonchev–Trinajstić information content (AvgIpc) is 2.79. The molecule has 0 radical (unpaired) electrons. The second kappa shape index (κ2) is 4.77. The molecule has 4 nitrogen and oxygen atoms in total. The van der Waals surface area contributed by atoms with Crippen molar-refractivity contribution < 1.29 is 0 Å². The Balaban J connectivity index is 1.98. The average molecular weight is 220 g/mol. The van der Waals surface area contributed by atoms with Crippen molar-refractivity contribution in [1.82, 2.24) is 4.98 Å². The van der Waals surface area contributed by atoms with Crippen LogP contribution >= 0.6 is 11.3 Å². The number of hydrogen-bond donors (Lipinski definition) is 3. The van der Waals surface area contributed by atoms with E-state index in [1.54, 1.807) is 17.5 Å². The summed E-state index contributed by atoms with van der Waals surface area (Å²) in [5.41, 5.74) is 3.52. The molecular weight excluding hydrogens is 208 g/mol. The van der Waals surface area contributed by atoms with E-state index in [0.29, 0.717) is 5.82 Å². The third-order valence-electron chi connectivity index (χ3n) is 1.95. The van der Waals surface area contributed by atoms with E-state index in [4.69, 9.17) is 5.84 Å². The van der Waals surface area contributed by atoms with Crippen LogP contribution in [-0.2, 0) is 6.54 Å². The summed E-state index contributed by atoms with van der Waals surface area (Å²) in [6.45, 7) is 0.825. The molecule has 0 saturated heterocycles. The number of hydrogen-bond acceptors (Lipinski definition) is 5. The lowest BCUT2D eigenvalue weighted by atomic mass is 10.3. The van der Waals surface area contributed by atoms with Gasteiger partial charge in [-0.15, -0.1) is 11.3 Å². The van der Waals surface area contributed by atoms with Crippen molar-refractivity contribution in [2.75, 3.05) is 10.7 Å². The summed E-state index contributed by atoms with van der Waals surface area (Å²) >= 11 is 1.73. The summed E-state index contributed by atoms with van der Waals surface area (Å²) in [4.78, 5) is 5.33. The van der Waals surface area contributed by atoms with Gasteiger partial charge in [0.2, 0.25) is 0 Å². The molecule has 5 heteroatoms. The highest BCUT2D eigenvalue weighted by atomic mass is 32.1. The number of nitrogens with two attached hydrogens (primary N) is 1. The topological polar surface area (TPSA) is 63.0 Å². The Hall–Kier alpha value is -1.59. The predicted octanol–water partition coefficient (Wildman–Crippen LogP) is 2.04. The fourth-order valence-corrected chi connectivity index (χ4v) is 1.87. The highest BCUT2D eigenvalue weighted by molar-refractivity contribution is 7.09. The zero-order valence-corrected chi connectivity index (χ0v) is 8.92. The van der Waals surface area contributed by atoms with Gasteiger partial charge < -0.3 is 10.7 Å². The van der Waals surface area contributed by atoms with Gasteiger partial charge in [0.15, 0.2) is 0 Å². The Morgan fingerprint density at radius 1 is 1.40 bits per heavy atom. The smallest absolute Gasteiger partial charge is 0.141 e. The van der Waals surface area contributed by atoms with Gasteiger partial charge in [0, 0.05) is 29.4 Å². The van der Waals surface area contributed by atoms with Crippen LogP contribution in [0.1, 0.15) is 4.88 Å². The fraction of sp³-hybridized carbons (Fsp3) is 0.100. The zero-order valence-electron chi connectivity index (χ0n) is 8.10. The molecule has 0 aliphatic rings. The molecule has 0 amide bonds. The first-order valence-corrected chi connectivity index (χ1v) is 5.45. The van der Waals surface area contributed by atoms with Crippen LogP contribution in [0.2, 0.25) is 0 Å². The van der Waals surface area contributed by atoms with Crippen molar-refractivity contribution in [2.45, 2.75) is 6.54 Å². The van der Waals surface area contributed by atoms with Gasteiger partial charge in [-0.05, 0) is 17.5 Å². The van der Waals surface area contributed by atoms with Gasteiger partial charge in [-0.25, -0.2) is 10.8 Å². The third kappa shape index (κ3) is 2.68. The van der Waals surface area contributed by atoms with E-state index in [1.807, 2.05) is 18.2 Å². The molecule has 4 N–H and O–H groups in total. The fourth-order valence-electron chi connectivity index (χ4n) is 1.22. The number of anilines is 2. The van der Waals surface area contributed by atoms with Crippen LogP contribution in [-0.4, -0.2) is 4.98 Å². The number of nitrogen functional groups attached to an aromatic ring is 1. The normalized spacial score (nSPS) is 9.93. The molecule has 2 heterocycles. The van der Waals surface area contributed by atoms with E-state index in [0.717, 1.165) is 12.2 Å². The van der Waals surface area contributed by atoms with Gasteiger partial charge in [-0.1, -0.05) is 6.07 Å². The Kier molecular flexibility index (Phi) is 3.16. The molecule has 15 heavy (non-hydrogen) atoms. The molecular formula is C10H12N4S. The van der Waals surface area contributed by atoms with Gasteiger partial charge in [0.1, 0.15) is 5.82 Å². The number of hydrazine groups is 1. The van der Waals surface area contributed by atoms with Gasteiger partial charge in [-0.3, -0.25) is 0 Å². The van der Waals surface area contributed by atoms with Gasteiger partial charge in [0.25, 0.3) is 0 Å².